The molecule has 2 heterocycles. The van der Waals surface area contributed by atoms with E-state index in [2.05, 4.69) is 15.3 Å². The Balaban J connectivity index is 1.87. The van der Waals surface area contributed by atoms with Gasteiger partial charge in [-0.2, -0.15) is 0 Å². The third kappa shape index (κ3) is 2.25. The Bertz CT molecular complexity index is 750. The van der Waals surface area contributed by atoms with E-state index in [1.165, 1.54) is 18.6 Å². The largest absolute Gasteiger partial charge is 0.472 e. The van der Waals surface area contributed by atoms with Crippen LogP contribution in [0.3, 0.4) is 0 Å². The van der Waals surface area contributed by atoms with E-state index in [1.807, 2.05) is 0 Å². The summed E-state index contributed by atoms with van der Waals surface area (Å²) in [4.78, 5) is 18.1. The van der Waals surface area contributed by atoms with Gasteiger partial charge in [-0.25, -0.2) is 13.8 Å². The second-order valence-electron chi connectivity index (χ2n) is 4.12. The van der Waals surface area contributed by atoms with Crippen molar-refractivity contribution >= 4 is 22.6 Å². The number of carbonyl (C=O) groups is 1. The SMILES string of the molecule is O=C(Nc1ccc2nc(C(F)F)[nH]c2c1)c1ccoc1. The van der Waals surface area contributed by atoms with Gasteiger partial charge in [0, 0.05) is 5.69 Å². The number of hydrogen-bond donors (Lipinski definition) is 2. The maximum absolute atomic E-state index is 12.5. The number of imidazole rings is 1. The average Bonchev–Trinajstić information content (AvgIpc) is 3.07. The summed E-state index contributed by atoms with van der Waals surface area (Å²) in [5, 5.41) is 2.64. The van der Waals surface area contributed by atoms with E-state index >= 15 is 0 Å². The lowest BCUT2D eigenvalue weighted by Crippen LogP contribution is -2.10. The van der Waals surface area contributed by atoms with Crippen molar-refractivity contribution in [1.82, 2.24) is 9.97 Å². The number of nitrogens with one attached hydrogen (secondary N) is 2. The molecule has 0 aliphatic carbocycles. The van der Waals surface area contributed by atoms with Crippen molar-refractivity contribution in [3.05, 3.63) is 48.2 Å². The molecule has 0 aliphatic heterocycles. The van der Waals surface area contributed by atoms with Crippen LogP contribution in [0.5, 0.6) is 0 Å². The number of benzene rings is 1. The van der Waals surface area contributed by atoms with Gasteiger partial charge in [0.25, 0.3) is 12.3 Å². The number of amides is 1. The Morgan fingerprint density at radius 3 is 2.90 bits per heavy atom. The van der Waals surface area contributed by atoms with Crippen LogP contribution in [-0.2, 0) is 0 Å². The van der Waals surface area contributed by atoms with Crippen molar-refractivity contribution < 1.29 is 18.0 Å². The van der Waals surface area contributed by atoms with Crippen molar-refractivity contribution in [3.8, 4) is 0 Å². The first-order valence-electron chi connectivity index (χ1n) is 5.75. The van der Waals surface area contributed by atoms with E-state index in [0.29, 0.717) is 22.3 Å². The topological polar surface area (TPSA) is 70.9 Å². The minimum absolute atomic E-state index is 0.341. The molecule has 102 valence electrons. The molecule has 0 saturated heterocycles. The minimum atomic E-state index is -2.66. The van der Waals surface area contributed by atoms with Crippen molar-refractivity contribution in [2.45, 2.75) is 6.43 Å². The second-order valence-corrected chi connectivity index (χ2v) is 4.12. The Morgan fingerprint density at radius 1 is 1.35 bits per heavy atom. The van der Waals surface area contributed by atoms with Crippen LogP contribution in [0.4, 0.5) is 14.5 Å². The van der Waals surface area contributed by atoms with Gasteiger partial charge in [0.2, 0.25) is 0 Å². The highest BCUT2D eigenvalue weighted by Crippen LogP contribution is 2.22. The smallest absolute Gasteiger partial charge is 0.295 e. The normalized spacial score (nSPS) is 11.2. The van der Waals surface area contributed by atoms with Crippen molar-refractivity contribution in [1.29, 1.82) is 0 Å². The van der Waals surface area contributed by atoms with E-state index in [4.69, 9.17) is 4.42 Å². The van der Waals surface area contributed by atoms with Gasteiger partial charge in [-0.1, -0.05) is 0 Å². The van der Waals surface area contributed by atoms with E-state index in [1.54, 1.807) is 18.2 Å². The molecular formula is C13H9F2N3O2. The number of H-pyrrole nitrogens is 1. The first-order chi connectivity index (χ1) is 9.63. The number of furan rings is 1. The lowest BCUT2D eigenvalue weighted by atomic mass is 10.2. The molecule has 5 nitrogen and oxygen atoms in total. The Kier molecular flexibility index (Phi) is 2.94. The summed E-state index contributed by atoms with van der Waals surface area (Å²) in [5.41, 5.74) is 1.71. The standard InChI is InChI=1S/C13H9F2N3O2/c14-11(15)12-17-9-2-1-8(5-10(9)18-12)16-13(19)7-3-4-20-6-7/h1-6,11H,(H,16,19)(H,17,18). The van der Waals surface area contributed by atoms with E-state index in [-0.39, 0.29) is 5.91 Å². The summed E-state index contributed by atoms with van der Waals surface area (Å²) in [6.45, 7) is 0. The van der Waals surface area contributed by atoms with Gasteiger partial charge in [0.1, 0.15) is 6.26 Å². The third-order valence-electron chi connectivity index (χ3n) is 2.75. The minimum Gasteiger partial charge on any atom is -0.472 e. The molecule has 0 fully saturated rings. The molecule has 20 heavy (non-hydrogen) atoms. The van der Waals surface area contributed by atoms with Gasteiger partial charge in [0.15, 0.2) is 5.82 Å². The number of aromatic amines is 1. The monoisotopic (exact) mass is 277 g/mol. The molecule has 0 radical (unpaired) electrons. The molecule has 3 aromatic rings. The van der Waals surface area contributed by atoms with Crippen molar-refractivity contribution in [2.75, 3.05) is 5.32 Å². The number of carbonyl (C=O) groups excluding carboxylic acids is 1. The fourth-order valence-corrected chi connectivity index (χ4v) is 1.81. The van der Waals surface area contributed by atoms with Gasteiger partial charge in [-0.05, 0) is 24.3 Å². The molecule has 0 atom stereocenters. The Labute approximate surface area is 111 Å². The fourth-order valence-electron chi connectivity index (χ4n) is 1.81. The van der Waals surface area contributed by atoms with Crippen LogP contribution in [0, 0.1) is 0 Å². The summed E-state index contributed by atoms with van der Waals surface area (Å²) in [6.07, 6.45) is 0.0484. The highest BCUT2D eigenvalue weighted by atomic mass is 19.3. The zero-order valence-electron chi connectivity index (χ0n) is 10.1. The van der Waals surface area contributed by atoms with E-state index in [9.17, 15) is 13.6 Å². The summed E-state index contributed by atoms with van der Waals surface area (Å²) in [5.74, 6) is -0.731. The summed E-state index contributed by atoms with van der Waals surface area (Å²) in [6, 6.07) is 6.23. The number of hydrogen-bond acceptors (Lipinski definition) is 3. The molecule has 2 N–H and O–H groups in total. The fraction of sp³-hybridized carbons (Fsp3) is 0.0769. The molecule has 7 heteroatoms. The van der Waals surface area contributed by atoms with Crippen LogP contribution in [0.15, 0.2) is 41.2 Å². The highest BCUT2D eigenvalue weighted by Gasteiger charge is 2.13. The maximum atomic E-state index is 12.5. The van der Waals surface area contributed by atoms with Gasteiger partial charge in [-0.3, -0.25) is 4.79 Å². The number of rotatable bonds is 3. The molecule has 0 bridgehead atoms. The van der Waals surface area contributed by atoms with Crippen LogP contribution < -0.4 is 5.32 Å². The van der Waals surface area contributed by atoms with Gasteiger partial charge >= 0.3 is 0 Å². The van der Waals surface area contributed by atoms with Crippen LogP contribution in [0.25, 0.3) is 11.0 Å². The van der Waals surface area contributed by atoms with Crippen LogP contribution in [0.2, 0.25) is 0 Å². The van der Waals surface area contributed by atoms with Crippen LogP contribution >= 0.6 is 0 Å². The predicted octanol–water partition coefficient (Wildman–Crippen LogP) is 3.35. The van der Waals surface area contributed by atoms with Crippen molar-refractivity contribution in [3.63, 3.8) is 0 Å². The van der Waals surface area contributed by atoms with Gasteiger partial charge < -0.3 is 14.7 Å². The zero-order valence-corrected chi connectivity index (χ0v) is 10.1. The van der Waals surface area contributed by atoms with Crippen LogP contribution in [0.1, 0.15) is 22.6 Å². The highest BCUT2D eigenvalue weighted by molar-refractivity contribution is 6.04. The number of halogens is 2. The summed E-state index contributed by atoms with van der Waals surface area (Å²) in [7, 11) is 0. The molecule has 0 saturated carbocycles. The maximum Gasteiger partial charge on any atom is 0.295 e. The third-order valence-corrected chi connectivity index (χ3v) is 2.75. The predicted molar refractivity (Wildman–Crippen MR) is 67.7 cm³/mol. The average molecular weight is 277 g/mol. The van der Waals surface area contributed by atoms with E-state index < -0.39 is 12.2 Å². The number of alkyl halides is 2. The molecule has 0 aliphatic rings. The van der Waals surface area contributed by atoms with Crippen molar-refractivity contribution in [2.24, 2.45) is 0 Å². The lowest BCUT2D eigenvalue weighted by molar-refractivity contribution is 0.102. The Hall–Kier alpha value is -2.70. The Morgan fingerprint density at radius 2 is 2.20 bits per heavy atom. The molecule has 0 spiro atoms. The van der Waals surface area contributed by atoms with Crippen LogP contribution in [-0.4, -0.2) is 15.9 Å². The lowest BCUT2D eigenvalue weighted by Gasteiger charge is -2.02. The number of nitrogens with zero attached hydrogens (tertiary/aromatic N) is 1. The van der Waals surface area contributed by atoms with Gasteiger partial charge in [-0.15, -0.1) is 0 Å². The first-order valence-corrected chi connectivity index (χ1v) is 5.75. The molecule has 1 amide bonds. The summed E-state index contributed by atoms with van der Waals surface area (Å²) >= 11 is 0. The quantitative estimate of drug-likeness (QED) is 0.771. The molecular weight excluding hydrogens is 268 g/mol. The summed E-state index contributed by atoms with van der Waals surface area (Å²) < 4.78 is 29.9. The van der Waals surface area contributed by atoms with E-state index in [0.717, 1.165) is 0 Å². The number of aromatic nitrogens is 2. The molecule has 1 aromatic carbocycles. The molecule has 0 unspecified atom stereocenters. The van der Waals surface area contributed by atoms with Gasteiger partial charge in [0.05, 0.1) is 22.9 Å². The second kappa shape index (κ2) is 4.76. The first kappa shape index (κ1) is 12.3. The number of anilines is 1. The molecule has 3 rings (SSSR count). The number of fused-ring (bicyclic) bond motifs is 1. The molecule has 2 aromatic heterocycles. The zero-order chi connectivity index (χ0) is 14.1.